The second kappa shape index (κ2) is 44.5. The lowest BCUT2D eigenvalue weighted by Gasteiger charge is -2.21. The van der Waals surface area contributed by atoms with Gasteiger partial charge in [-0.2, -0.15) is 0 Å². The molecule has 0 unspecified atom stereocenters. The summed E-state index contributed by atoms with van der Waals surface area (Å²) in [7, 11) is 0. The van der Waals surface area contributed by atoms with Crippen LogP contribution in [0.4, 0.5) is 0 Å². The Hall–Kier alpha value is -11.4. The summed E-state index contributed by atoms with van der Waals surface area (Å²) in [6, 6.07) is 67.7. The molecule has 0 atom stereocenters. The molecule has 10 aromatic rings. The first kappa shape index (κ1) is 79.2. The van der Waals surface area contributed by atoms with Crippen LogP contribution in [0.1, 0.15) is 178 Å². The Labute approximate surface area is 634 Å². The Balaban J connectivity index is 0.960. The molecule has 0 aliphatic heterocycles. The summed E-state index contributed by atoms with van der Waals surface area (Å²) in [4.78, 5) is 77.4. The Morgan fingerprint density at radius 1 is 0.185 bits per heavy atom. The molecule has 18 heteroatoms. The average Bonchev–Trinajstić information content (AvgIpc) is 0.726. The minimum atomic E-state index is -0.108. The molecule has 0 fully saturated rings. The lowest BCUT2D eigenvalue weighted by atomic mass is 9.93. The van der Waals surface area contributed by atoms with Crippen LogP contribution >= 0.6 is 0 Å². The highest BCUT2D eigenvalue weighted by Gasteiger charge is 2.22. The fraction of sp³-hybridized carbons (Fsp3) is 0.333. The van der Waals surface area contributed by atoms with E-state index in [2.05, 4.69) is 68.3 Å². The number of hydrogen-bond donors (Lipinski definition) is 6. The Morgan fingerprint density at radius 3 is 0.463 bits per heavy atom. The normalized spacial score (nSPS) is 11.0. The van der Waals surface area contributed by atoms with Gasteiger partial charge in [-0.15, -0.1) is 0 Å². The van der Waals surface area contributed by atoms with E-state index in [1.807, 2.05) is 109 Å². The van der Waals surface area contributed by atoms with Crippen molar-refractivity contribution in [3.05, 3.63) is 252 Å². The number of nitrogens with one attached hydrogen (secondary N) is 6. The van der Waals surface area contributed by atoms with Gasteiger partial charge in [0.1, 0.15) is 0 Å². The zero-order chi connectivity index (χ0) is 75.0. The van der Waals surface area contributed by atoms with Crippen molar-refractivity contribution in [3.8, 4) is 34.5 Å². The summed E-state index contributed by atoms with van der Waals surface area (Å²) in [6.45, 7) is 5.40. The van der Waals surface area contributed by atoms with Crippen LogP contribution in [0.25, 0.3) is 32.3 Å². The molecule has 0 aromatic heterocycles. The Bertz CT molecular complexity index is 3680. The lowest BCUT2D eigenvalue weighted by Crippen LogP contribution is -2.24. The summed E-state index contributed by atoms with van der Waals surface area (Å²) in [5.74, 6) is 2.74. The largest absolute Gasteiger partial charge is 0.490 e. The number of carbonyl (C=O) groups is 6. The minimum absolute atomic E-state index is 0.108. The summed E-state index contributed by atoms with van der Waals surface area (Å²) < 4.78 is 41.0. The predicted octanol–water partition coefficient (Wildman–Crippen LogP) is 17.0. The van der Waals surface area contributed by atoms with Crippen LogP contribution in [-0.2, 0) is 0 Å². The number of rotatable bonds is 48. The third-order valence-corrected chi connectivity index (χ3v) is 18.5. The van der Waals surface area contributed by atoms with Crippen molar-refractivity contribution >= 4 is 67.8 Å². The van der Waals surface area contributed by atoms with E-state index in [1.54, 1.807) is 72.8 Å². The van der Waals surface area contributed by atoms with Crippen LogP contribution in [0.2, 0.25) is 0 Å². The van der Waals surface area contributed by atoms with Gasteiger partial charge in [0.25, 0.3) is 35.4 Å². The van der Waals surface area contributed by atoms with Crippen LogP contribution in [0.15, 0.2) is 218 Å². The highest BCUT2D eigenvalue weighted by molar-refractivity contribution is 6.27. The van der Waals surface area contributed by atoms with Crippen molar-refractivity contribution in [2.24, 2.45) is 0 Å². The van der Waals surface area contributed by atoms with Crippen molar-refractivity contribution in [1.82, 2.24) is 31.9 Å². The van der Waals surface area contributed by atoms with Crippen molar-refractivity contribution in [3.63, 3.8) is 0 Å². The van der Waals surface area contributed by atoms with Gasteiger partial charge in [0.2, 0.25) is 0 Å². The molecule has 10 aromatic carbocycles. The van der Waals surface area contributed by atoms with Gasteiger partial charge in [-0.3, -0.25) is 28.8 Å². The molecule has 108 heavy (non-hydrogen) atoms. The zero-order valence-electron chi connectivity index (χ0n) is 61.9. The first-order chi connectivity index (χ1) is 53.2. The monoisotopic (exact) mass is 1460 g/mol. The topological polar surface area (TPSA) is 230 Å². The average molecular weight is 1460 g/mol. The Morgan fingerprint density at radius 2 is 0.324 bits per heavy atom. The highest BCUT2D eigenvalue weighted by atomic mass is 16.5. The molecule has 0 saturated heterocycles. The zero-order valence-corrected chi connectivity index (χ0v) is 61.9. The SMILES string of the molecule is O=C(NCCCCCOc1cc2c3cc(OCCCCCNC(=O)c4ccccc4)c(OCCCCCNC(=O)c4ccccc4)cc3c3cc(OCCCCCNC(=O)c4ccccc4)c(OCCCCCNC(=O)c4ccccc4)cc3c2cc1OCCCCCNC(=O)c1ccccc1)c1ccccc1. The van der Waals surface area contributed by atoms with Gasteiger partial charge in [-0.25, -0.2) is 0 Å². The summed E-state index contributed by atoms with van der Waals surface area (Å²) >= 11 is 0. The predicted molar refractivity (Wildman–Crippen MR) is 428 cm³/mol. The van der Waals surface area contributed by atoms with Gasteiger partial charge in [-0.1, -0.05) is 109 Å². The second-order valence-electron chi connectivity index (χ2n) is 26.7. The van der Waals surface area contributed by atoms with E-state index in [0.717, 1.165) is 109 Å². The van der Waals surface area contributed by atoms with Gasteiger partial charge in [0, 0.05) is 72.6 Å². The molecule has 0 heterocycles. The van der Waals surface area contributed by atoms with Crippen LogP contribution in [0, 0.1) is 0 Å². The smallest absolute Gasteiger partial charge is 0.251 e. The molecule has 6 N–H and O–H groups in total. The quantitative estimate of drug-likeness (QED) is 0.0155. The molecule has 0 saturated carbocycles. The van der Waals surface area contributed by atoms with Crippen LogP contribution in [0.5, 0.6) is 34.5 Å². The lowest BCUT2D eigenvalue weighted by molar-refractivity contribution is 0.0944. The molecule has 0 bridgehead atoms. The number of ether oxygens (including phenoxy) is 6. The number of fused-ring (bicyclic) bond motifs is 6. The minimum Gasteiger partial charge on any atom is -0.490 e. The number of amides is 6. The van der Waals surface area contributed by atoms with E-state index in [4.69, 9.17) is 28.4 Å². The number of carbonyl (C=O) groups excluding carboxylic acids is 6. The fourth-order valence-corrected chi connectivity index (χ4v) is 12.6. The van der Waals surface area contributed by atoms with E-state index < -0.39 is 0 Å². The maximum atomic E-state index is 12.9. The molecule has 564 valence electrons. The second-order valence-corrected chi connectivity index (χ2v) is 26.7. The van der Waals surface area contributed by atoms with Crippen LogP contribution in [0.3, 0.4) is 0 Å². The van der Waals surface area contributed by atoms with Gasteiger partial charge in [0.15, 0.2) is 34.5 Å². The molecule has 0 aliphatic carbocycles. The Kier molecular flexibility index (Phi) is 32.6. The first-order valence-electron chi connectivity index (χ1n) is 38.5. The first-order valence-corrected chi connectivity index (χ1v) is 38.5. The van der Waals surface area contributed by atoms with Crippen molar-refractivity contribution in [2.75, 3.05) is 78.9 Å². The summed E-state index contributed by atoms with van der Waals surface area (Å²) in [5, 5.41) is 23.5. The number of hydrogen-bond acceptors (Lipinski definition) is 12. The number of unbranched alkanes of at least 4 members (excludes halogenated alkanes) is 12. The van der Waals surface area contributed by atoms with Gasteiger partial charge < -0.3 is 60.3 Å². The standard InChI is InChI=1S/C90H102N6O12/c97-85(67-37-13-1-14-38-67)91-49-25-7-31-55-103-79-61-73-74(62-80(79)104-56-32-8-26-50-92-86(98)68-39-15-2-16-40-68)76-64-82(106-58-34-10-28-52-94-88(100)70-43-19-4-20-44-70)84(108-60-36-12-30-54-96-90(102)72-47-23-6-24-48-72)66-78(76)77-65-83(107-59-35-11-29-53-95-89(101)71-45-21-5-22-46-71)81(63-75(73)77)105-57-33-9-27-51-93-87(99)69-41-17-3-18-42-69/h1-6,13-24,37-48,61-66H,7-12,25-36,49-60H2,(H,91,97)(H,92,98)(H,93,99)(H,94,100)(H,95,101)(H,96,102). The summed E-state index contributed by atoms with van der Waals surface area (Å²) in [5.41, 5.74) is 3.71. The maximum Gasteiger partial charge on any atom is 0.251 e. The maximum absolute atomic E-state index is 12.9. The highest BCUT2D eigenvalue weighted by Crippen LogP contribution is 2.47. The molecular weight excluding hydrogens is 1360 g/mol. The van der Waals surface area contributed by atoms with E-state index >= 15 is 0 Å². The third kappa shape index (κ3) is 25.4. The van der Waals surface area contributed by atoms with Gasteiger partial charge in [-0.05, 0) is 257 Å². The van der Waals surface area contributed by atoms with Crippen molar-refractivity contribution in [2.45, 2.75) is 116 Å². The van der Waals surface area contributed by atoms with Crippen LogP contribution in [-0.4, -0.2) is 114 Å². The van der Waals surface area contributed by atoms with Crippen LogP contribution < -0.4 is 60.3 Å². The van der Waals surface area contributed by atoms with Gasteiger partial charge in [0.05, 0.1) is 39.6 Å². The van der Waals surface area contributed by atoms with E-state index in [-0.39, 0.29) is 35.4 Å². The fourth-order valence-electron chi connectivity index (χ4n) is 12.6. The molecular formula is C90H102N6O12. The van der Waals surface area contributed by atoms with E-state index in [0.29, 0.717) is 185 Å². The molecule has 0 aliphatic rings. The molecule has 10 rings (SSSR count). The van der Waals surface area contributed by atoms with E-state index in [1.165, 1.54) is 0 Å². The van der Waals surface area contributed by atoms with Crippen molar-refractivity contribution in [1.29, 1.82) is 0 Å². The van der Waals surface area contributed by atoms with E-state index in [9.17, 15) is 28.8 Å². The summed E-state index contributed by atoms with van der Waals surface area (Å²) in [6.07, 6.45) is 13.6. The third-order valence-electron chi connectivity index (χ3n) is 18.5. The molecule has 6 amide bonds. The van der Waals surface area contributed by atoms with Crippen molar-refractivity contribution < 1.29 is 57.2 Å². The van der Waals surface area contributed by atoms with Gasteiger partial charge >= 0.3 is 0 Å². The molecule has 18 nitrogen and oxygen atoms in total. The molecule has 0 spiro atoms. The number of benzene rings is 10. The molecule has 0 radical (unpaired) electrons.